The Bertz CT molecular complexity index is 612. The van der Waals surface area contributed by atoms with Crippen LogP contribution in [0, 0.1) is 10.1 Å². The van der Waals surface area contributed by atoms with Crippen molar-refractivity contribution in [2.24, 2.45) is 7.05 Å². The first-order chi connectivity index (χ1) is 9.00. The molecule has 1 heterocycles. The molecule has 1 aromatic carbocycles. The van der Waals surface area contributed by atoms with Crippen molar-refractivity contribution in [3.63, 3.8) is 0 Å². The molecule has 0 amide bonds. The number of anilines is 1. The number of nitrogens with zero attached hydrogens (tertiary/aromatic N) is 4. The summed E-state index contributed by atoms with van der Waals surface area (Å²) in [6.07, 6.45) is 1.43. The second-order valence-corrected chi connectivity index (χ2v) is 4.61. The van der Waals surface area contributed by atoms with E-state index in [1.807, 2.05) is 18.2 Å². The van der Waals surface area contributed by atoms with Gasteiger partial charge in [0.05, 0.1) is 0 Å². The second kappa shape index (κ2) is 5.27. The highest BCUT2D eigenvalue weighted by molar-refractivity contribution is 6.31. The Morgan fingerprint density at radius 2 is 2.16 bits per heavy atom. The van der Waals surface area contributed by atoms with Gasteiger partial charge in [-0.25, -0.2) is 0 Å². The van der Waals surface area contributed by atoms with Crippen LogP contribution in [-0.2, 0) is 13.6 Å². The van der Waals surface area contributed by atoms with Crippen molar-refractivity contribution in [2.45, 2.75) is 6.54 Å². The molecule has 0 bridgehead atoms. The van der Waals surface area contributed by atoms with Gasteiger partial charge >= 0.3 is 5.82 Å². The van der Waals surface area contributed by atoms with Crippen LogP contribution in [0.3, 0.4) is 0 Å². The molecule has 0 saturated heterocycles. The maximum absolute atomic E-state index is 10.9. The number of benzene rings is 1. The Hall–Kier alpha value is -2.08. The lowest BCUT2D eigenvalue weighted by atomic mass is 10.2. The fourth-order valence-corrected chi connectivity index (χ4v) is 2.13. The summed E-state index contributed by atoms with van der Waals surface area (Å²) in [5.41, 5.74) is 0.905. The summed E-state index contributed by atoms with van der Waals surface area (Å²) in [5.74, 6) is 0.293. The molecule has 0 aliphatic heterocycles. The van der Waals surface area contributed by atoms with Crippen molar-refractivity contribution in [1.29, 1.82) is 0 Å². The molecule has 0 saturated carbocycles. The summed E-state index contributed by atoms with van der Waals surface area (Å²) in [6.45, 7) is 0.472. The van der Waals surface area contributed by atoms with Crippen LogP contribution in [-0.4, -0.2) is 21.5 Å². The van der Waals surface area contributed by atoms with E-state index in [0.717, 1.165) is 5.56 Å². The van der Waals surface area contributed by atoms with Crippen LogP contribution in [0.25, 0.3) is 0 Å². The van der Waals surface area contributed by atoms with Gasteiger partial charge in [-0.15, -0.1) is 0 Å². The number of aryl methyl sites for hydroxylation is 1. The third-order valence-electron chi connectivity index (χ3n) is 2.79. The zero-order chi connectivity index (χ0) is 14.0. The zero-order valence-electron chi connectivity index (χ0n) is 10.6. The Kier molecular flexibility index (Phi) is 3.71. The van der Waals surface area contributed by atoms with Crippen molar-refractivity contribution in [2.75, 3.05) is 11.9 Å². The van der Waals surface area contributed by atoms with Gasteiger partial charge < -0.3 is 15.0 Å². The van der Waals surface area contributed by atoms with Crippen molar-refractivity contribution in [1.82, 2.24) is 9.55 Å². The minimum absolute atomic E-state index is 0.156. The fourth-order valence-electron chi connectivity index (χ4n) is 1.94. The first kappa shape index (κ1) is 13.4. The minimum atomic E-state index is -0.488. The quantitative estimate of drug-likeness (QED) is 0.638. The maximum Gasteiger partial charge on any atom is 0.406 e. The summed E-state index contributed by atoms with van der Waals surface area (Å²) in [7, 11) is 3.49. The van der Waals surface area contributed by atoms with E-state index in [1.54, 1.807) is 29.6 Å². The van der Waals surface area contributed by atoms with Crippen molar-refractivity contribution < 1.29 is 4.92 Å². The number of imidazole rings is 1. The van der Waals surface area contributed by atoms with Gasteiger partial charge in [0.25, 0.3) is 0 Å². The van der Waals surface area contributed by atoms with E-state index in [1.165, 1.54) is 6.33 Å². The van der Waals surface area contributed by atoms with Crippen LogP contribution < -0.4 is 4.90 Å². The van der Waals surface area contributed by atoms with Gasteiger partial charge in [0.2, 0.25) is 12.1 Å². The Morgan fingerprint density at radius 3 is 2.79 bits per heavy atom. The van der Waals surface area contributed by atoms with Crippen LogP contribution in [0.5, 0.6) is 0 Å². The van der Waals surface area contributed by atoms with Crippen molar-refractivity contribution >= 4 is 23.2 Å². The predicted octanol–water partition coefficient (Wildman–Crippen LogP) is 2.62. The van der Waals surface area contributed by atoms with Gasteiger partial charge in [-0.2, -0.15) is 0 Å². The molecule has 0 N–H and O–H groups in total. The van der Waals surface area contributed by atoms with Crippen LogP contribution in [0.4, 0.5) is 11.6 Å². The molecule has 2 aromatic rings. The van der Waals surface area contributed by atoms with E-state index in [0.29, 0.717) is 17.4 Å². The number of hydrogen-bond donors (Lipinski definition) is 0. The molecule has 0 radical (unpaired) electrons. The lowest BCUT2D eigenvalue weighted by molar-refractivity contribution is -0.388. The van der Waals surface area contributed by atoms with Gasteiger partial charge in [0.15, 0.2) is 0 Å². The van der Waals surface area contributed by atoms with Gasteiger partial charge in [0.1, 0.15) is 0 Å². The van der Waals surface area contributed by atoms with Crippen LogP contribution in [0.15, 0.2) is 30.6 Å². The van der Waals surface area contributed by atoms with Gasteiger partial charge in [-0.1, -0.05) is 29.8 Å². The van der Waals surface area contributed by atoms with Crippen molar-refractivity contribution in [3.8, 4) is 0 Å². The molecular weight excluding hydrogens is 268 g/mol. The SMILES string of the molecule is CN(Cc1ccccc1Cl)c1c([N+](=O)[O-])ncn1C. The summed E-state index contributed by atoms with van der Waals surface area (Å²) in [6, 6.07) is 7.41. The highest BCUT2D eigenvalue weighted by Gasteiger charge is 2.23. The molecule has 0 atom stereocenters. The van der Waals surface area contributed by atoms with Gasteiger partial charge in [-0.05, 0) is 21.5 Å². The fraction of sp³-hybridized carbons (Fsp3) is 0.250. The van der Waals surface area contributed by atoms with Crippen molar-refractivity contribution in [3.05, 3.63) is 51.3 Å². The standard InChI is InChI=1S/C12H13ClN4O2/c1-15(7-9-5-3-4-6-10(9)13)12-11(17(18)19)14-8-16(12)2/h3-6,8H,7H2,1-2H3. The van der Waals surface area contributed by atoms with Crippen LogP contribution in [0.1, 0.15) is 5.56 Å². The number of halogens is 1. The number of aromatic nitrogens is 2. The van der Waals surface area contributed by atoms with E-state index < -0.39 is 4.92 Å². The predicted molar refractivity (Wildman–Crippen MR) is 73.4 cm³/mol. The van der Waals surface area contributed by atoms with Crippen LogP contribution in [0.2, 0.25) is 5.02 Å². The Morgan fingerprint density at radius 1 is 1.47 bits per heavy atom. The Labute approximate surface area is 115 Å². The van der Waals surface area contributed by atoms with E-state index in [-0.39, 0.29) is 5.82 Å². The highest BCUT2D eigenvalue weighted by Crippen LogP contribution is 2.27. The minimum Gasteiger partial charge on any atom is -0.358 e. The normalized spacial score (nSPS) is 10.5. The van der Waals surface area contributed by atoms with Gasteiger partial charge in [-0.3, -0.25) is 4.57 Å². The molecule has 2 rings (SSSR count). The third-order valence-corrected chi connectivity index (χ3v) is 3.16. The Balaban J connectivity index is 2.30. The monoisotopic (exact) mass is 280 g/mol. The molecule has 7 heteroatoms. The average molecular weight is 281 g/mol. The van der Waals surface area contributed by atoms with E-state index in [2.05, 4.69) is 4.98 Å². The molecule has 0 aliphatic rings. The lowest BCUT2D eigenvalue weighted by Gasteiger charge is -2.19. The summed E-state index contributed by atoms with van der Waals surface area (Å²) in [5, 5.41) is 11.6. The van der Waals surface area contributed by atoms with E-state index >= 15 is 0 Å². The molecule has 100 valence electrons. The number of hydrogen-bond acceptors (Lipinski definition) is 4. The smallest absolute Gasteiger partial charge is 0.358 e. The number of nitro groups is 1. The third kappa shape index (κ3) is 2.68. The molecule has 0 fully saturated rings. The zero-order valence-corrected chi connectivity index (χ0v) is 11.3. The highest BCUT2D eigenvalue weighted by atomic mass is 35.5. The lowest BCUT2D eigenvalue weighted by Crippen LogP contribution is -2.20. The summed E-state index contributed by atoms with van der Waals surface area (Å²) < 4.78 is 1.62. The summed E-state index contributed by atoms with van der Waals surface area (Å²) in [4.78, 5) is 16.0. The molecule has 0 unspecified atom stereocenters. The van der Waals surface area contributed by atoms with E-state index in [9.17, 15) is 10.1 Å². The first-order valence-corrected chi connectivity index (χ1v) is 5.98. The largest absolute Gasteiger partial charge is 0.406 e. The maximum atomic E-state index is 10.9. The first-order valence-electron chi connectivity index (χ1n) is 5.61. The molecular formula is C12H13ClN4O2. The molecule has 6 nitrogen and oxygen atoms in total. The number of rotatable bonds is 4. The summed E-state index contributed by atoms with van der Waals surface area (Å²) >= 11 is 6.09. The molecule has 0 aliphatic carbocycles. The van der Waals surface area contributed by atoms with Gasteiger partial charge in [0, 0.05) is 25.7 Å². The molecule has 19 heavy (non-hydrogen) atoms. The van der Waals surface area contributed by atoms with E-state index in [4.69, 9.17) is 11.6 Å². The molecule has 1 aromatic heterocycles. The second-order valence-electron chi connectivity index (χ2n) is 4.21. The molecule has 0 spiro atoms. The average Bonchev–Trinajstić information content (AvgIpc) is 2.74. The topological polar surface area (TPSA) is 64.2 Å². The van der Waals surface area contributed by atoms with Crippen LogP contribution >= 0.6 is 11.6 Å².